The van der Waals surface area contributed by atoms with Gasteiger partial charge in [-0.3, -0.25) is 4.79 Å². The topological polar surface area (TPSA) is 26.3 Å². The SMILES string of the molecule is CC12C=CCC(OC1=O)C2Br. The highest BCUT2D eigenvalue weighted by molar-refractivity contribution is 9.09. The van der Waals surface area contributed by atoms with E-state index >= 15 is 0 Å². The van der Waals surface area contributed by atoms with Crippen LogP contribution >= 0.6 is 15.9 Å². The summed E-state index contributed by atoms with van der Waals surface area (Å²) < 4.78 is 5.15. The molecule has 1 aliphatic heterocycles. The Bertz CT molecular complexity index is 236. The highest BCUT2D eigenvalue weighted by Gasteiger charge is 2.52. The zero-order valence-electron chi connectivity index (χ0n) is 6.21. The van der Waals surface area contributed by atoms with Gasteiger partial charge in [-0.05, 0) is 6.92 Å². The quantitative estimate of drug-likeness (QED) is 0.350. The number of halogens is 1. The van der Waals surface area contributed by atoms with E-state index in [1.54, 1.807) is 0 Å². The summed E-state index contributed by atoms with van der Waals surface area (Å²) in [5.74, 6) is -0.0990. The van der Waals surface area contributed by atoms with Gasteiger partial charge in [0.15, 0.2) is 0 Å². The number of fused-ring (bicyclic) bond motifs is 2. The van der Waals surface area contributed by atoms with Gasteiger partial charge in [0, 0.05) is 6.42 Å². The number of ether oxygens (including phenoxy) is 1. The molecule has 3 heteroatoms. The van der Waals surface area contributed by atoms with Crippen LogP contribution in [0.3, 0.4) is 0 Å². The summed E-state index contributed by atoms with van der Waals surface area (Å²) in [7, 11) is 0. The second kappa shape index (κ2) is 2.09. The first-order valence-corrected chi connectivity index (χ1v) is 4.59. The largest absolute Gasteiger partial charge is 0.460 e. The van der Waals surface area contributed by atoms with E-state index in [1.807, 2.05) is 19.1 Å². The van der Waals surface area contributed by atoms with Gasteiger partial charge in [-0.15, -0.1) is 0 Å². The summed E-state index contributed by atoms with van der Waals surface area (Å²) in [6, 6.07) is 0. The van der Waals surface area contributed by atoms with Gasteiger partial charge >= 0.3 is 5.97 Å². The Labute approximate surface area is 73.7 Å². The average Bonchev–Trinajstić information content (AvgIpc) is 2.16. The van der Waals surface area contributed by atoms with E-state index in [0.29, 0.717) is 0 Å². The van der Waals surface area contributed by atoms with E-state index in [2.05, 4.69) is 15.9 Å². The minimum Gasteiger partial charge on any atom is -0.460 e. The molecule has 3 unspecified atom stereocenters. The summed E-state index contributed by atoms with van der Waals surface area (Å²) in [6.07, 6.45) is 4.86. The number of carbonyl (C=O) groups excluding carboxylic acids is 1. The van der Waals surface area contributed by atoms with E-state index in [0.717, 1.165) is 6.42 Å². The predicted molar refractivity (Wildman–Crippen MR) is 44.5 cm³/mol. The molecule has 2 rings (SSSR count). The standard InChI is InChI=1S/C8H9BrO2/c1-8-4-2-3-5(6(8)9)11-7(8)10/h2,4-6H,3H2,1H3. The summed E-state index contributed by atoms with van der Waals surface area (Å²) in [5, 5.41) is 0. The summed E-state index contributed by atoms with van der Waals surface area (Å²) >= 11 is 3.48. The fourth-order valence-electron chi connectivity index (χ4n) is 1.60. The zero-order chi connectivity index (χ0) is 8.06. The second-order valence-electron chi connectivity index (χ2n) is 3.27. The van der Waals surface area contributed by atoms with E-state index in [1.165, 1.54) is 0 Å². The van der Waals surface area contributed by atoms with Crippen molar-refractivity contribution in [1.82, 2.24) is 0 Å². The minimum atomic E-state index is -0.414. The maximum Gasteiger partial charge on any atom is 0.317 e. The van der Waals surface area contributed by atoms with Gasteiger partial charge in [0.05, 0.1) is 10.2 Å². The molecule has 0 aromatic carbocycles. The molecule has 11 heavy (non-hydrogen) atoms. The lowest BCUT2D eigenvalue weighted by Gasteiger charge is -2.23. The summed E-state index contributed by atoms with van der Waals surface area (Å²) in [6.45, 7) is 1.91. The molecule has 0 N–H and O–H groups in total. The van der Waals surface area contributed by atoms with Crippen LogP contribution in [0.15, 0.2) is 12.2 Å². The van der Waals surface area contributed by atoms with Gasteiger partial charge < -0.3 is 4.74 Å². The van der Waals surface area contributed by atoms with Crippen LogP contribution in [0.25, 0.3) is 0 Å². The van der Waals surface area contributed by atoms with E-state index < -0.39 is 5.41 Å². The molecule has 1 fully saturated rings. The number of hydrogen-bond donors (Lipinski definition) is 0. The van der Waals surface area contributed by atoms with Crippen molar-refractivity contribution >= 4 is 21.9 Å². The molecule has 2 nitrogen and oxygen atoms in total. The third kappa shape index (κ3) is 0.804. The predicted octanol–water partition coefficient (Wildman–Crippen LogP) is 1.64. The van der Waals surface area contributed by atoms with Gasteiger partial charge in [-0.25, -0.2) is 0 Å². The van der Waals surface area contributed by atoms with Crippen molar-refractivity contribution in [2.75, 3.05) is 0 Å². The molecule has 0 amide bonds. The first kappa shape index (κ1) is 7.35. The van der Waals surface area contributed by atoms with Gasteiger partial charge in [0.1, 0.15) is 6.10 Å². The number of alkyl halides is 1. The van der Waals surface area contributed by atoms with Gasteiger partial charge in [-0.1, -0.05) is 28.1 Å². The van der Waals surface area contributed by atoms with Crippen LogP contribution in [0.1, 0.15) is 13.3 Å². The lowest BCUT2D eigenvalue weighted by atomic mass is 9.82. The van der Waals surface area contributed by atoms with Gasteiger partial charge in [0.2, 0.25) is 0 Å². The Morgan fingerprint density at radius 2 is 2.55 bits per heavy atom. The number of rotatable bonds is 0. The molecule has 0 aromatic rings. The van der Waals surface area contributed by atoms with Crippen LogP contribution < -0.4 is 0 Å². The number of carbonyl (C=O) groups is 1. The molecule has 2 bridgehead atoms. The Hall–Kier alpha value is -0.310. The molecule has 1 heterocycles. The van der Waals surface area contributed by atoms with Gasteiger partial charge in [0.25, 0.3) is 0 Å². The first-order valence-electron chi connectivity index (χ1n) is 3.67. The molecule has 0 aromatic heterocycles. The van der Waals surface area contributed by atoms with Crippen molar-refractivity contribution in [3.05, 3.63) is 12.2 Å². The number of hydrogen-bond acceptors (Lipinski definition) is 2. The van der Waals surface area contributed by atoms with Crippen LogP contribution in [-0.4, -0.2) is 16.9 Å². The zero-order valence-corrected chi connectivity index (χ0v) is 7.80. The molecule has 3 atom stereocenters. The van der Waals surface area contributed by atoms with E-state index in [9.17, 15) is 4.79 Å². The maximum absolute atomic E-state index is 11.3. The average molecular weight is 217 g/mol. The highest BCUT2D eigenvalue weighted by atomic mass is 79.9. The van der Waals surface area contributed by atoms with E-state index in [4.69, 9.17) is 4.74 Å². The van der Waals surface area contributed by atoms with Crippen LogP contribution in [-0.2, 0) is 9.53 Å². The Morgan fingerprint density at radius 1 is 1.82 bits per heavy atom. The molecular formula is C8H9BrO2. The van der Waals surface area contributed by atoms with Crippen molar-refractivity contribution in [3.63, 3.8) is 0 Å². The smallest absolute Gasteiger partial charge is 0.317 e. The fourth-order valence-corrected chi connectivity index (χ4v) is 2.26. The molecule has 1 saturated heterocycles. The molecule has 1 aliphatic carbocycles. The summed E-state index contributed by atoms with van der Waals surface area (Å²) in [5.41, 5.74) is -0.414. The first-order chi connectivity index (χ1) is 5.14. The third-order valence-corrected chi connectivity index (χ3v) is 3.97. The Morgan fingerprint density at radius 3 is 3.09 bits per heavy atom. The van der Waals surface area contributed by atoms with E-state index in [-0.39, 0.29) is 16.9 Å². The van der Waals surface area contributed by atoms with Gasteiger partial charge in [-0.2, -0.15) is 0 Å². The van der Waals surface area contributed by atoms with Crippen molar-refractivity contribution < 1.29 is 9.53 Å². The van der Waals surface area contributed by atoms with Crippen LogP contribution in [0.4, 0.5) is 0 Å². The Kier molecular flexibility index (Phi) is 1.40. The lowest BCUT2D eigenvalue weighted by molar-refractivity contribution is -0.145. The third-order valence-electron chi connectivity index (χ3n) is 2.43. The number of esters is 1. The van der Waals surface area contributed by atoms with Crippen LogP contribution in [0.5, 0.6) is 0 Å². The highest BCUT2D eigenvalue weighted by Crippen LogP contribution is 2.44. The molecule has 0 spiro atoms. The van der Waals surface area contributed by atoms with Crippen LogP contribution in [0, 0.1) is 5.41 Å². The molecule has 0 saturated carbocycles. The van der Waals surface area contributed by atoms with Crippen LogP contribution in [0.2, 0.25) is 0 Å². The second-order valence-corrected chi connectivity index (χ2v) is 4.25. The lowest BCUT2D eigenvalue weighted by Crippen LogP contribution is -2.32. The fraction of sp³-hybridized carbons (Fsp3) is 0.625. The summed E-state index contributed by atoms with van der Waals surface area (Å²) in [4.78, 5) is 11.4. The molecule has 0 radical (unpaired) electrons. The molecule has 60 valence electrons. The Balaban J connectivity index is 2.45. The van der Waals surface area contributed by atoms with Crippen molar-refractivity contribution in [2.24, 2.45) is 5.41 Å². The molecular weight excluding hydrogens is 208 g/mol. The monoisotopic (exact) mass is 216 g/mol. The van der Waals surface area contributed by atoms with Crippen molar-refractivity contribution in [1.29, 1.82) is 0 Å². The minimum absolute atomic E-state index is 0.0532. The maximum atomic E-state index is 11.3. The molecule has 2 aliphatic rings. The van der Waals surface area contributed by atoms with Crippen molar-refractivity contribution in [3.8, 4) is 0 Å². The van der Waals surface area contributed by atoms with Crippen molar-refractivity contribution in [2.45, 2.75) is 24.3 Å². The normalized spacial score (nSPS) is 47.6.